The number of furan rings is 1. The zero-order chi connectivity index (χ0) is 19.7. The number of carbonyl (C=O) groups excluding carboxylic acids is 1. The number of hydrogen-bond donors (Lipinski definition) is 1. The molecule has 142 valence electrons. The van der Waals surface area contributed by atoms with Crippen LogP contribution in [-0.2, 0) is 11.3 Å². The van der Waals surface area contributed by atoms with Crippen LogP contribution in [0.25, 0.3) is 22.1 Å². The predicted octanol–water partition coefficient (Wildman–Crippen LogP) is 4.20. The second-order valence-electron chi connectivity index (χ2n) is 6.43. The maximum absolute atomic E-state index is 12.8. The van der Waals surface area contributed by atoms with Gasteiger partial charge in [0.25, 0.3) is 5.56 Å². The second-order valence-corrected chi connectivity index (χ2v) is 7.37. The van der Waals surface area contributed by atoms with Crippen LogP contribution in [0.4, 0.5) is 5.69 Å². The van der Waals surface area contributed by atoms with Crippen molar-refractivity contribution < 1.29 is 9.21 Å². The van der Waals surface area contributed by atoms with Gasteiger partial charge in [-0.05, 0) is 43.7 Å². The van der Waals surface area contributed by atoms with E-state index in [9.17, 15) is 9.59 Å². The number of anilines is 1. The maximum atomic E-state index is 12.8. The zero-order valence-electron chi connectivity index (χ0n) is 15.6. The van der Waals surface area contributed by atoms with E-state index in [4.69, 9.17) is 4.42 Å². The molecular weight excluding hydrogens is 374 g/mol. The topological polar surface area (TPSA) is 77.1 Å². The Morgan fingerprint density at radius 2 is 2.04 bits per heavy atom. The van der Waals surface area contributed by atoms with E-state index >= 15 is 0 Å². The van der Waals surface area contributed by atoms with Gasteiger partial charge >= 0.3 is 0 Å². The third kappa shape index (κ3) is 3.41. The lowest BCUT2D eigenvalue weighted by molar-refractivity contribution is -0.113. The van der Waals surface area contributed by atoms with Gasteiger partial charge in [-0.15, -0.1) is 0 Å². The highest BCUT2D eigenvalue weighted by Crippen LogP contribution is 2.27. The first-order valence-electron chi connectivity index (χ1n) is 8.98. The molecule has 0 saturated heterocycles. The molecule has 0 unspecified atom stereocenters. The Morgan fingerprint density at radius 3 is 2.82 bits per heavy atom. The first kappa shape index (κ1) is 18.3. The summed E-state index contributed by atoms with van der Waals surface area (Å²) >= 11 is 1.24. The van der Waals surface area contributed by atoms with Gasteiger partial charge in [-0.3, -0.25) is 14.2 Å². The minimum atomic E-state index is -0.231. The number of carbonyl (C=O) groups is 1. The van der Waals surface area contributed by atoms with Crippen LogP contribution in [-0.4, -0.2) is 21.2 Å². The predicted molar refractivity (Wildman–Crippen MR) is 112 cm³/mol. The van der Waals surface area contributed by atoms with Gasteiger partial charge in [-0.25, -0.2) is 4.98 Å². The van der Waals surface area contributed by atoms with Crippen LogP contribution in [0.1, 0.15) is 12.5 Å². The molecule has 2 aromatic heterocycles. The molecule has 4 rings (SSSR count). The number of para-hydroxylation sites is 1. The molecule has 0 saturated carbocycles. The molecular formula is C21H19N3O3S. The Morgan fingerprint density at radius 1 is 1.21 bits per heavy atom. The molecule has 1 N–H and O–H groups in total. The summed E-state index contributed by atoms with van der Waals surface area (Å²) in [5.74, 6) is 0.00597. The standard InChI is InChI=1S/C21H19N3O3S/c1-3-24-20(26)19-18(15-9-4-5-10-16(15)27-19)23-21(24)28-12-17(25)22-14-8-6-7-13(2)11-14/h4-11H,3,12H2,1-2H3,(H,22,25). The third-order valence-electron chi connectivity index (χ3n) is 4.40. The summed E-state index contributed by atoms with van der Waals surface area (Å²) in [5.41, 5.74) is 3.00. The van der Waals surface area contributed by atoms with Crippen LogP contribution >= 0.6 is 11.8 Å². The number of rotatable bonds is 5. The van der Waals surface area contributed by atoms with E-state index in [0.717, 1.165) is 16.6 Å². The van der Waals surface area contributed by atoms with Gasteiger partial charge in [-0.2, -0.15) is 0 Å². The van der Waals surface area contributed by atoms with Gasteiger partial charge in [-0.1, -0.05) is 36.0 Å². The highest BCUT2D eigenvalue weighted by Gasteiger charge is 2.17. The van der Waals surface area contributed by atoms with Crippen LogP contribution in [0.2, 0.25) is 0 Å². The average Bonchev–Trinajstić information content (AvgIpc) is 3.06. The number of benzene rings is 2. The Labute approximate surface area is 165 Å². The van der Waals surface area contributed by atoms with E-state index in [0.29, 0.717) is 22.8 Å². The van der Waals surface area contributed by atoms with E-state index < -0.39 is 0 Å². The van der Waals surface area contributed by atoms with Crippen molar-refractivity contribution in [3.05, 3.63) is 64.4 Å². The molecule has 2 heterocycles. The molecule has 0 aliphatic rings. The summed E-state index contributed by atoms with van der Waals surface area (Å²) < 4.78 is 7.25. The van der Waals surface area contributed by atoms with E-state index in [2.05, 4.69) is 10.3 Å². The summed E-state index contributed by atoms with van der Waals surface area (Å²) in [7, 11) is 0. The van der Waals surface area contributed by atoms with Crippen LogP contribution in [0.5, 0.6) is 0 Å². The summed E-state index contributed by atoms with van der Waals surface area (Å²) in [6.07, 6.45) is 0. The van der Waals surface area contributed by atoms with E-state index in [1.165, 1.54) is 16.3 Å². The van der Waals surface area contributed by atoms with Crippen molar-refractivity contribution in [2.45, 2.75) is 25.5 Å². The van der Waals surface area contributed by atoms with Gasteiger partial charge in [0.2, 0.25) is 11.5 Å². The zero-order valence-corrected chi connectivity index (χ0v) is 16.4. The van der Waals surface area contributed by atoms with Crippen LogP contribution in [0.15, 0.2) is 62.9 Å². The molecule has 0 aliphatic heterocycles. The largest absolute Gasteiger partial charge is 0.448 e. The fourth-order valence-electron chi connectivity index (χ4n) is 3.09. The van der Waals surface area contributed by atoms with Gasteiger partial charge in [0, 0.05) is 17.6 Å². The monoisotopic (exact) mass is 393 g/mol. The van der Waals surface area contributed by atoms with Crippen molar-refractivity contribution in [1.82, 2.24) is 9.55 Å². The van der Waals surface area contributed by atoms with Crippen molar-refractivity contribution in [3.63, 3.8) is 0 Å². The highest BCUT2D eigenvalue weighted by atomic mass is 32.2. The lowest BCUT2D eigenvalue weighted by atomic mass is 10.2. The maximum Gasteiger partial charge on any atom is 0.297 e. The van der Waals surface area contributed by atoms with Crippen LogP contribution < -0.4 is 10.9 Å². The summed E-state index contributed by atoms with van der Waals surface area (Å²) in [6, 6.07) is 15.1. The number of nitrogens with one attached hydrogen (secondary N) is 1. The molecule has 2 aromatic carbocycles. The molecule has 7 heteroatoms. The summed E-state index contributed by atoms with van der Waals surface area (Å²) in [4.78, 5) is 29.8. The fraction of sp³-hybridized carbons (Fsp3) is 0.190. The molecule has 0 fully saturated rings. The van der Waals surface area contributed by atoms with Crippen molar-refractivity contribution in [2.75, 3.05) is 11.1 Å². The third-order valence-corrected chi connectivity index (χ3v) is 5.37. The Kier molecular flexibility index (Phi) is 4.92. The lowest BCUT2D eigenvalue weighted by Gasteiger charge is -2.10. The average molecular weight is 393 g/mol. The Balaban J connectivity index is 1.63. The van der Waals surface area contributed by atoms with Crippen molar-refractivity contribution in [2.24, 2.45) is 0 Å². The number of fused-ring (bicyclic) bond motifs is 3. The lowest BCUT2D eigenvalue weighted by Crippen LogP contribution is -2.23. The number of aromatic nitrogens is 2. The minimum absolute atomic E-state index is 0.148. The molecule has 4 aromatic rings. The summed E-state index contributed by atoms with van der Waals surface area (Å²) in [6.45, 7) is 4.29. The van der Waals surface area contributed by atoms with E-state index in [1.54, 1.807) is 0 Å². The van der Waals surface area contributed by atoms with Gasteiger partial charge in [0.1, 0.15) is 11.1 Å². The molecule has 0 bridgehead atoms. The summed E-state index contributed by atoms with van der Waals surface area (Å²) in [5, 5.41) is 4.17. The number of aryl methyl sites for hydroxylation is 1. The first-order chi connectivity index (χ1) is 13.6. The van der Waals surface area contributed by atoms with E-state index in [1.807, 2.05) is 62.4 Å². The SMILES string of the molecule is CCn1c(SCC(=O)Nc2cccc(C)c2)nc2c(oc3ccccc32)c1=O. The van der Waals surface area contributed by atoms with Gasteiger partial charge < -0.3 is 9.73 Å². The van der Waals surface area contributed by atoms with Crippen molar-refractivity contribution in [1.29, 1.82) is 0 Å². The Bertz CT molecular complexity index is 1240. The second kappa shape index (κ2) is 7.52. The smallest absolute Gasteiger partial charge is 0.297 e. The number of thioether (sulfide) groups is 1. The fourth-order valence-corrected chi connectivity index (χ4v) is 3.95. The van der Waals surface area contributed by atoms with E-state index in [-0.39, 0.29) is 22.8 Å². The first-order valence-corrected chi connectivity index (χ1v) is 9.96. The minimum Gasteiger partial charge on any atom is -0.448 e. The molecule has 0 atom stereocenters. The molecule has 28 heavy (non-hydrogen) atoms. The number of amides is 1. The van der Waals surface area contributed by atoms with Crippen LogP contribution in [0, 0.1) is 6.92 Å². The highest BCUT2D eigenvalue weighted by molar-refractivity contribution is 7.99. The molecule has 1 amide bonds. The van der Waals surface area contributed by atoms with Gasteiger partial charge in [0.05, 0.1) is 5.75 Å². The van der Waals surface area contributed by atoms with Crippen molar-refractivity contribution >= 4 is 45.4 Å². The quantitative estimate of drug-likeness (QED) is 0.406. The molecule has 0 spiro atoms. The number of nitrogens with zero attached hydrogens (tertiary/aromatic N) is 2. The van der Waals surface area contributed by atoms with Crippen molar-refractivity contribution in [3.8, 4) is 0 Å². The Hall–Kier alpha value is -3.06. The molecule has 0 aliphatic carbocycles. The van der Waals surface area contributed by atoms with Gasteiger partial charge in [0.15, 0.2) is 5.16 Å². The molecule has 0 radical (unpaired) electrons. The number of hydrogen-bond acceptors (Lipinski definition) is 5. The normalized spacial score (nSPS) is 11.2. The molecule has 6 nitrogen and oxygen atoms in total. The van der Waals surface area contributed by atoms with Crippen LogP contribution in [0.3, 0.4) is 0 Å².